The zero-order chi connectivity index (χ0) is 30.5. The largest absolute Gasteiger partial charge is 0.0776 e. The molecule has 0 spiro atoms. The average Bonchev–Trinajstić information content (AvgIpc) is 3.04. The maximum absolute atomic E-state index is 2.52. The summed E-state index contributed by atoms with van der Waals surface area (Å²) in [6.07, 6.45) is 10.0. The van der Waals surface area contributed by atoms with E-state index in [-0.39, 0.29) is 44.6 Å². The van der Waals surface area contributed by atoms with Crippen molar-refractivity contribution in [1.82, 2.24) is 0 Å². The van der Waals surface area contributed by atoms with Crippen LogP contribution in [0.15, 0.2) is 121 Å². The second-order valence-electron chi connectivity index (χ2n) is 14.1. The van der Waals surface area contributed by atoms with Gasteiger partial charge in [0, 0.05) is 0 Å². The van der Waals surface area contributed by atoms with Gasteiger partial charge in [0.2, 0.25) is 0 Å². The smallest absolute Gasteiger partial charge is 0.0156 e. The van der Waals surface area contributed by atoms with E-state index in [1.165, 1.54) is 73.6 Å². The molecule has 0 N–H and O–H groups in total. The fraction of sp³-hybridized carbons (Fsp3) is 0.510. The Balaban J connectivity index is -0.00000353. The molecule has 0 amide bonds. The average molecular weight is 669 g/mol. The first-order valence-corrected chi connectivity index (χ1v) is 17.0. The lowest BCUT2D eigenvalue weighted by atomic mass is 9.73. The van der Waals surface area contributed by atoms with Gasteiger partial charge in [-0.2, -0.15) is 0 Å². The van der Waals surface area contributed by atoms with Crippen LogP contribution >= 0.6 is 0 Å². The van der Waals surface area contributed by atoms with Gasteiger partial charge >= 0.3 is 0 Å². The maximum Gasteiger partial charge on any atom is -0.0156 e. The van der Waals surface area contributed by atoms with Crippen LogP contribution < -0.4 is 0 Å². The Morgan fingerprint density at radius 1 is 0.449 bits per heavy atom. The Labute approximate surface area is 308 Å². The zero-order valence-corrected chi connectivity index (χ0v) is 27.6. The molecule has 0 bridgehead atoms. The summed E-state index contributed by atoms with van der Waals surface area (Å²) in [5.74, 6) is 3.10. The lowest BCUT2D eigenvalue weighted by molar-refractivity contribution is 0.230. The Hall–Kier alpha value is -3.12. The van der Waals surface area contributed by atoms with Gasteiger partial charge in [-0.1, -0.05) is 207 Å². The van der Waals surface area contributed by atoms with E-state index >= 15 is 0 Å². The molecule has 0 aromatic heterocycles. The highest BCUT2D eigenvalue weighted by Crippen LogP contribution is 2.41. The summed E-state index contributed by atoms with van der Waals surface area (Å²) >= 11 is 0. The first-order valence-electron chi connectivity index (χ1n) is 17.0. The van der Waals surface area contributed by atoms with Gasteiger partial charge in [-0.3, -0.25) is 0 Å². The van der Waals surface area contributed by atoms with Crippen LogP contribution in [0.1, 0.15) is 176 Å². The molecule has 0 heterocycles. The summed E-state index contributed by atoms with van der Waals surface area (Å²) in [6.45, 7) is 12.3. The molecule has 276 valence electrons. The van der Waals surface area contributed by atoms with Crippen LogP contribution in [0.4, 0.5) is 0 Å². The third-order valence-corrected chi connectivity index (χ3v) is 9.96. The molecule has 0 nitrogen and oxygen atoms in total. The molecular formula is C49H80. The van der Waals surface area contributed by atoms with Crippen LogP contribution in [-0.2, 0) is 0 Å². The van der Waals surface area contributed by atoms with Crippen LogP contribution in [-0.4, -0.2) is 0 Å². The molecule has 0 fully saturated rings. The monoisotopic (exact) mass is 669 g/mol. The van der Waals surface area contributed by atoms with Crippen molar-refractivity contribution in [3.05, 3.63) is 144 Å². The van der Waals surface area contributed by atoms with E-state index in [1.807, 2.05) is 0 Å². The lowest BCUT2D eigenvalue weighted by Crippen LogP contribution is -2.18. The topological polar surface area (TPSA) is 0 Å². The van der Waals surface area contributed by atoms with Gasteiger partial charge < -0.3 is 0 Å². The van der Waals surface area contributed by atoms with Gasteiger partial charge in [0.15, 0.2) is 0 Å². The van der Waals surface area contributed by atoms with Gasteiger partial charge in [0.1, 0.15) is 0 Å². The van der Waals surface area contributed by atoms with E-state index in [1.54, 1.807) is 0 Å². The molecule has 0 radical (unpaired) electrons. The molecule has 49 heavy (non-hydrogen) atoms. The molecule has 5 atom stereocenters. The minimum Gasteiger partial charge on any atom is -0.0776 e. The van der Waals surface area contributed by atoms with Crippen molar-refractivity contribution in [1.29, 1.82) is 0 Å². The summed E-state index contributed by atoms with van der Waals surface area (Å²) in [4.78, 5) is 0. The van der Waals surface area contributed by atoms with E-state index < -0.39 is 0 Å². The van der Waals surface area contributed by atoms with Gasteiger partial charge in [0.25, 0.3) is 0 Å². The Morgan fingerprint density at radius 2 is 0.816 bits per heavy atom. The van der Waals surface area contributed by atoms with Crippen molar-refractivity contribution in [2.45, 2.75) is 154 Å². The second-order valence-corrected chi connectivity index (χ2v) is 14.1. The van der Waals surface area contributed by atoms with Crippen LogP contribution in [0.2, 0.25) is 0 Å². The summed E-state index contributed by atoms with van der Waals surface area (Å²) in [7, 11) is 0. The molecule has 0 aliphatic heterocycles. The van der Waals surface area contributed by atoms with Crippen molar-refractivity contribution in [2.24, 2.45) is 11.3 Å². The predicted octanol–water partition coefficient (Wildman–Crippen LogP) is 16.8. The van der Waals surface area contributed by atoms with Crippen molar-refractivity contribution in [2.75, 3.05) is 0 Å². The summed E-state index contributed by atoms with van der Waals surface area (Å²) in [5.41, 5.74) is 6.31. The van der Waals surface area contributed by atoms with Crippen molar-refractivity contribution < 1.29 is 0 Å². The van der Waals surface area contributed by atoms with Crippen molar-refractivity contribution in [3.63, 3.8) is 0 Å². The van der Waals surface area contributed by atoms with Crippen molar-refractivity contribution in [3.8, 4) is 0 Å². The predicted molar refractivity (Wildman–Crippen MR) is 228 cm³/mol. The standard InChI is InChI=1S/C43H56.6CH4/c1-6-36(38-21-13-8-14-22-38)32-42(40-25-17-10-18-26-40)29-30-43(4,5)33-34(2)27-28-41(39-23-15-9-16-24-39)31-35(3)37-19-11-7-12-20-37;;;;;;/h7-26,34-36,41-42H,6,27-33H2,1-5H3;6*1H4. The molecule has 0 saturated carbocycles. The van der Waals surface area contributed by atoms with Gasteiger partial charge in [-0.15, -0.1) is 0 Å². The zero-order valence-electron chi connectivity index (χ0n) is 27.6. The Bertz CT molecular complexity index is 1280. The highest BCUT2D eigenvalue weighted by Gasteiger charge is 2.26. The highest BCUT2D eigenvalue weighted by atomic mass is 14.3. The quantitative estimate of drug-likeness (QED) is 0.105. The molecule has 0 aliphatic rings. The fourth-order valence-corrected chi connectivity index (χ4v) is 7.44. The van der Waals surface area contributed by atoms with E-state index in [2.05, 4.69) is 156 Å². The summed E-state index contributed by atoms with van der Waals surface area (Å²) in [6, 6.07) is 44.9. The van der Waals surface area contributed by atoms with Crippen molar-refractivity contribution >= 4 is 0 Å². The summed E-state index contributed by atoms with van der Waals surface area (Å²) < 4.78 is 0. The first kappa shape index (κ1) is 50.3. The molecule has 4 rings (SSSR count). The third kappa shape index (κ3) is 16.4. The van der Waals surface area contributed by atoms with E-state index in [4.69, 9.17) is 0 Å². The number of hydrogen-bond donors (Lipinski definition) is 0. The first-order chi connectivity index (χ1) is 20.8. The van der Waals surface area contributed by atoms with E-state index in [0.29, 0.717) is 29.1 Å². The van der Waals surface area contributed by atoms with Crippen LogP contribution in [0.25, 0.3) is 0 Å². The van der Waals surface area contributed by atoms with E-state index in [0.717, 1.165) is 5.92 Å². The summed E-state index contributed by atoms with van der Waals surface area (Å²) in [5, 5.41) is 0. The molecule has 4 aromatic carbocycles. The van der Waals surface area contributed by atoms with Gasteiger partial charge in [-0.05, 0) is 102 Å². The molecule has 0 heteroatoms. The molecule has 0 saturated heterocycles. The highest BCUT2D eigenvalue weighted by molar-refractivity contribution is 5.25. The maximum atomic E-state index is 2.52. The number of rotatable bonds is 17. The normalized spacial score (nSPS) is 13.5. The van der Waals surface area contributed by atoms with Crippen LogP contribution in [0.5, 0.6) is 0 Å². The molecule has 4 aromatic rings. The second kappa shape index (κ2) is 25.8. The Kier molecular flexibility index (Phi) is 26.5. The molecule has 5 unspecified atom stereocenters. The number of benzene rings is 4. The van der Waals surface area contributed by atoms with Gasteiger partial charge in [0.05, 0.1) is 0 Å². The third-order valence-electron chi connectivity index (χ3n) is 9.96. The molecular weight excluding hydrogens is 589 g/mol. The van der Waals surface area contributed by atoms with Gasteiger partial charge in [-0.25, -0.2) is 0 Å². The van der Waals surface area contributed by atoms with E-state index in [9.17, 15) is 0 Å². The number of hydrogen-bond acceptors (Lipinski definition) is 0. The van der Waals surface area contributed by atoms with Crippen LogP contribution in [0.3, 0.4) is 0 Å². The minimum atomic E-state index is 0. The Morgan fingerprint density at radius 3 is 1.22 bits per heavy atom. The molecule has 0 aliphatic carbocycles. The fourth-order valence-electron chi connectivity index (χ4n) is 7.44. The lowest BCUT2D eigenvalue weighted by Gasteiger charge is -2.32. The SMILES string of the molecule is C.C.C.C.C.C.CCC(CC(CCC(C)(C)CC(C)CCC(CC(C)c1ccccc1)c1ccccc1)c1ccccc1)c1ccccc1. The van der Waals surface area contributed by atoms with Crippen LogP contribution in [0, 0.1) is 11.3 Å². The minimum absolute atomic E-state index is 0.